The van der Waals surface area contributed by atoms with Gasteiger partial charge >= 0.3 is 0 Å². The first-order valence-corrected chi connectivity index (χ1v) is 7.07. The molecule has 5 heteroatoms. The van der Waals surface area contributed by atoms with Gasteiger partial charge in [-0.1, -0.05) is 25.1 Å². The first-order valence-electron chi connectivity index (χ1n) is 7.07. The van der Waals surface area contributed by atoms with Crippen molar-refractivity contribution in [3.8, 4) is 5.88 Å². The molecule has 0 fully saturated rings. The van der Waals surface area contributed by atoms with Crippen LogP contribution in [0.3, 0.4) is 0 Å². The number of hydrogen-bond acceptors (Lipinski definition) is 4. The third kappa shape index (κ3) is 4.23. The van der Waals surface area contributed by atoms with Crippen LogP contribution >= 0.6 is 0 Å². The number of halogens is 1. The predicted molar refractivity (Wildman–Crippen MR) is 79.7 cm³/mol. The fourth-order valence-corrected chi connectivity index (χ4v) is 2.18. The molecule has 0 saturated heterocycles. The van der Waals surface area contributed by atoms with Crippen LogP contribution < -0.4 is 10.1 Å². The molecular formula is C16H20FN3O. The van der Waals surface area contributed by atoms with Crippen LogP contribution in [-0.2, 0) is 6.42 Å². The van der Waals surface area contributed by atoms with E-state index in [1.807, 2.05) is 6.07 Å². The molecule has 4 nitrogen and oxygen atoms in total. The van der Waals surface area contributed by atoms with Gasteiger partial charge in [0.1, 0.15) is 12.1 Å². The van der Waals surface area contributed by atoms with Crippen LogP contribution in [0.5, 0.6) is 5.88 Å². The zero-order valence-corrected chi connectivity index (χ0v) is 12.3. The number of ether oxygens (including phenoxy) is 1. The summed E-state index contributed by atoms with van der Waals surface area (Å²) in [6.07, 6.45) is 3.03. The average molecular weight is 289 g/mol. The summed E-state index contributed by atoms with van der Waals surface area (Å²) in [5, 5.41) is 3.37. The van der Waals surface area contributed by atoms with Gasteiger partial charge in [-0.2, -0.15) is 0 Å². The van der Waals surface area contributed by atoms with E-state index in [0.717, 1.165) is 18.7 Å². The first kappa shape index (κ1) is 15.4. The minimum absolute atomic E-state index is 0.120. The van der Waals surface area contributed by atoms with Gasteiger partial charge in [0.2, 0.25) is 5.88 Å². The van der Waals surface area contributed by atoms with E-state index in [4.69, 9.17) is 4.74 Å². The second-order valence-electron chi connectivity index (χ2n) is 4.78. The zero-order valence-electron chi connectivity index (χ0n) is 12.3. The number of nitrogens with zero attached hydrogens (tertiary/aromatic N) is 2. The zero-order chi connectivity index (χ0) is 15.1. The largest absolute Gasteiger partial charge is 0.481 e. The molecular weight excluding hydrogens is 269 g/mol. The minimum Gasteiger partial charge on any atom is -0.481 e. The molecule has 0 aliphatic rings. The van der Waals surface area contributed by atoms with Gasteiger partial charge < -0.3 is 10.1 Å². The summed E-state index contributed by atoms with van der Waals surface area (Å²) in [6, 6.07) is 8.49. The molecule has 1 aromatic carbocycles. The Bertz CT molecular complexity index is 577. The summed E-state index contributed by atoms with van der Waals surface area (Å²) in [5.41, 5.74) is 1.47. The van der Waals surface area contributed by atoms with E-state index in [2.05, 4.69) is 22.2 Å². The number of nitrogens with one attached hydrogen (secondary N) is 1. The Labute approximate surface area is 124 Å². The molecule has 0 bridgehead atoms. The SMILES string of the molecule is CCCNC(Cc1cc(OC)ncn1)c1ccccc1F. The molecule has 2 aromatic rings. The van der Waals surface area contributed by atoms with E-state index >= 15 is 0 Å². The highest BCUT2D eigenvalue weighted by Crippen LogP contribution is 2.21. The Morgan fingerprint density at radius 2 is 2.10 bits per heavy atom. The fourth-order valence-electron chi connectivity index (χ4n) is 2.18. The van der Waals surface area contributed by atoms with Gasteiger partial charge in [-0.15, -0.1) is 0 Å². The number of hydrogen-bond donors (Lipinski definition) is 1. The van der Waals surface area contributed by atoms with Crippen molar-refractivity contribution in [1.82, 2.24) is 15.3 Å². The molecule has 1 aromatic heterocycles. The normalized spacial score (nSPS) is 12.1. The van der Waals surface area contributed by atoms with Crippen molar-refractivity contribution in [2.75, 3.05) is 13.7 Å². The van der Waals surface area contributed by atoms with Gasteiger partial charge in [0.15, 0.2) is 0 Å². The lowest BCUT2D eigenvalue weighted by atomic mass is 10.0. The number of methoxy groups -OCH3 is 1. The molecule has 112 valence electrons. The highest BCUT2D eigenvalue weighted by atomic mass is 19.1. The van der Waals surface area contributed by atoms with Gasteiger partial charge in [0, 0.05) is 29.8 Å². The van der Waals surface area contributed by atoms with Crippen molar-refractivity contribution in [3.63, 3.8) is 0 Å². The van der Waals surface area contributed by atoms with Crippen molar-refractivity contribution in [1.29, 1.82) is 0 Å². The van der Waals surface area contributed by atoms with Crippen LogP contribution in [0.1, 0.15) is 30.6 Å². The Kier molecular flexibility index (Phi) is 5.63. The number of aromatic nitrogens is 2. The van der Waals surface area contributed by atoms with E-state index in [1.165, 1.54) is 12.4 Å². The molecule has 1 unspecified atom stereocenters. The molecule has 0 saturated carbocycles. The standard InChI is InChI=1S/C16H20FN3O/c1-3-8-18-15(13-6-4-5-7-14(13)17)9-12-10-16(21-2)20-11-19-12/h4-7,10-11,15,18H,3,8-9H2,1-2H3. The summed E-state index contributed by atoms with van der Waals surface area (Å²) in [4.78, 5) is 8.23. The van der Waals surface area contributed by atoms with Crippen molar-refractivity contribution in [3.05, 3.63) is 53.7 Å². The highest BCUT2D eigenvalue weighted by Gasteiger charge is 2.16. The molecule has 1 atom stereocenters. The number of benzene rings is 1. The molecule has 0 radical (unpaired) electrons. The lowest BCUT2D eigenvalue weighted by Gasteiger charge is -2.19. The predicted octanol–water partition coefficient (Wildman–Crippen LogP) is 2.91. The first-order chi connectivity index (χ1) is 10.2. The van der Waals surface area contributed by atoms with Crippen LogP contribution in [-0.4, -0.2) is 23.6 Å². The molecule has 0 aliphatic heterocycles. The Hall–Kier alpha value is -2.01. The Balaban J connectivity index is 2.21. The van der Waals surface area contributed by atoms with Crippen LogP contribution in [0.2, 0.25) is 0 Å². The molecule has 21 heavy (non-hydrogen) atoms. The monoisotopic (exact) mass is 289 g/mol. The topological polar surface area (TPSA) is 47.0 Å². The van der Waals surface area contributed by atoms with Gasteiger partial charge in [-0.05, 0) is 19.0 Å². The van der Waals surface area contributed by atoms with Crippen LogP contribution in [0, 0.1) is 5.82 Å². The lowest BCUT2D eigenvalue weighted by Crippen LogP contribution is -2.25. The van der Waals surface area contributed by atoms with E-state index in [9.17, 15) is 4.39 Å². The van der Waals surface area contributed by atoms with Gasteiger partial charge in [-0.25, -0.2) is 14.4 Å². The molecule has 0 aliphatic carbocycles. The Morgan fingerprint density at radius 1 is 1.29 bits per heavy atom. The maximum atomic E-state index is 14.0. The summed E-state index contributed by atoms with van der Waals surface area (Å²) in [5.74, 6) is 0.315. The van der Waals surface area contributed by atoms with Crippen LogP contribution in [0.25, 0.3) is 0 Å². The van der Waals surface area contributed by atoms with E-state index in [-0.39, 0.29) is 11.9 Å². The van der Waals surface area contributed by atoms with Crippen molar-refractivity contribution < 1.29 is 9.13 Å². The van der Waals surface area contributed by atoms with Crippen LogP contribution in [0.4, 0.5) is 4.39 Å². The third-order valence-electron chi connectivity index (χ3n) is 3.24. The minimum atomic E-state index is -0.202. The van der Waals surface area contributed by atoms with Crippen LogP contribution in [0.15, 0.2) is 36.7 Å². The van der Waals surface area contributed by atoms with Gasteiger partial charge in [-0.3, -0.25) is 0 Å². The third-order valence-corrected chi connectivity index (χ3v) is 3.24. The molecule has 1 heterocycles. The summed E-state index contributed by atoms with van der Waals surface area (Å²) < 4.78 is 19.1. The summed E-state index contributed by atoms with van der Waals surface area (Å²) in [7, 11) is 1.57. The highest BCUT2D eigenvalue weighted by molar-refractivity contribution is 5.24. The quantitative estimate of drug-likeness (QED) is 0.851. The number of rotatable bonds is 7. The van der Waals surface area contributed by atoms with Crippen molar-refractivity contribution in [2.45, 2.75) is 25.8 Å². The maximum Gasteiger partial charge on any atom is 0.216 e. The molecule has 1 N–H and O–H groups in total. The second kappa shape index (κ2) is 7.69. The fraction of sp³-hybridized carbons (Fsp3) is 0.375. The van der Waals surface area contributed by atoms with Crippen molar-refractivity contribution in [2.24, 2.45) is 0 Å². The molecule has 2 rings (SSSR count). The average Bonchev–Trinajstić information content (AvgIpc) is 2.52. The lowest BCUT2D eigenvalue weighted by molar-refractivity contribution is 0.395. The summed E-state index contributed by atoms with van der Waals surface area (Å²) in [6.45, 7) is 2.90. The van der Waals surface area contributed by atoms with Gasteiger partial charge in [0.05, 0.1) is 7.11 Å². The molecule has 0 spiro atoms. The molecule has 0 amide bonds. The second-order valence-corrected chi connectivity index (χ2v) is 4.78. The maximum absolute atomic E-state index is 14.0. The Morgan fingerprint density at radius 3 is 2.81 bits per heavy atom. The summed E-state index contributed by atoms with van der Waals surface area (Å²) >= 11 is 0. The van der Waals surface area contributed by atoms with E-state index < -0.39 is 0 Å². The van der Waals surface area contributed by atoms with Crippen molar-refractivity contribution >= 4 is 0 Å². The van der Waals surface area contributed by atoms with E-state index in [0.29, 0.717) is 17.9 Å². The van der Waals surface area contributed by atoms with E-state index in [1.54, 1.807) is 25.3 Å². The smallest absolute Gasteiger partial charge is 0.216 e. The van der Waals surface area contributed by atoms with Gasteiger partial charge in [0.25, 0.3) is 0 Å².